The van der Waals surface area contributed by atoms with Crippen molar-refractivity contribution >= 4 is 35.2 Å². The van der Waals surface area contributed by atoms with E-state index in [0.717, 1.165) is 16.8 Å². The minimum absolute atomic E-state index is 0.0810. The van der Waals surface area contributed by atoms with Crippen molar-refractivity contribution in [2.75, 3.05) is 5.75 Å². The van der Waals surface area contributed by atoms with Crippen LogP contribution in [-0.4, -0.2) is 32.4 Å². The summed E-state index contributed by atoms with van der Waals surface area (Å²) in [6.07, 6.45) is 1.56. The van der Waals surface area contributed by atoms with Gasteiger partial charge in [0.25, 0.3) is 0 Å². The summed E-state index contributed by atoms with van der Waals surface area (Å²) in [4.78, 5) is 23.1. The molecule has 1 heterocycles. The number of carbonyl (C=O) groups is 2. The van der Waals surface area contributed by atoms with Gasteiger partial charge < -0.3 is 10.5 Å². The normalized spacial score (nSPS) is 10.6. The van der Waals surface area contributed by atoms with E-state index in [1.807, 2.05) is 25.1 Å². The van der Waals surface area contributed by atoms with Crippen LogP contribution in [0.5, 0.6) is 0 Å². The molecule has 1 aromatic heterocycles. The monoisotopic (exact) mass is 416 g/mol. The highest BCUT2D eigenvalue weighted by Crippen LogP contribution is 2.23. The van der Waals surface area contributed by atoms with E-state index in [1.54, 1.807) is 35.2 Å². The molecular formula is C19H17ClN4O3S. The number of primary amides is 1. The number of thioether (sulfide) groups is 1. The molecule has 0 aliphatic rings. The van der Waals surface area contributed by atoms with E-state index in [4.69, 9.17) is 22.1 Å². The van der Waals surface area contributed by atoms with E-state index in [1.165, 1.54) is 11.8 Å². The van der Waals surface area contributed by atoms with Crippen molar-refractivity contribution in [2.24, 2.45) is 5.73 Å². The fraction of sp³-hybridized carbons (Fsp3) is 0.158. The second-order valence-electron chi connectivity index (χ2n) is 5.93. The van der Waals surface area contributed by atoms with Gasteiger partial charge in [0.05, 0.1) is 11.4 Å². The molecule has 7 nitrogen and oxygen atoms in total. The van der Waals surface area contributed by atoms with Gasteiger partial charge in [-0.25, -0.2) is 0 Å². The van der Waals surface area contributed by atoms with Crippen molar-refractivity contribution in [3.05, 3.63) is 70.5 Å². The first kappa shape index (κ1) is 19.9. The van der Waals surface area contributed by atoms with Crippen LogP contribution in [-0.2, 0) is 16.1 Å². The molecule has 28 heavy (non-hydrogen) atoms. The number of nitrogens with zero attached hydrogens (tertiary/aromatic N) is 3. The number of nitrogens with two attached hydrogens (primary N) is 1. The topological polar surface area (TPSA) is 100 Å². The number of hydrogen-bond donors (Lipinski definition) is 1. The summed E-state index contributed by atoms with van der Waals surface area (Å²) in [6, 6.07) is 12.2. The van der Waals surface area contributed by atoms with Gasteiger partial charge >= 0.3 is 5.97 Å². The minimum atomic E-state index is -0.501. The number of aryl methyl sites for hydroxylation is 1. The van der Waals surface area contributed by atoms with Crippen LogP contribution in [0, 0.1) is 6.92 Å². The molecule has 0 unspecified atom stereocenters. The van der Waals surface area contributed by atoms with Gasteiger partial charge in [-0.1, -0.05) is 41.6 Å². The molecule has 0 spiro atoms. The molecular weight excluding hydrogens is 400 g/mol. The summed E-state index contributed by atoms with van der Waals surface area (Å²) in [6.45, 7) is 2.03. The number of hydrogen-bond acceptors (Lipinski definition) is 6. The Morgan fingerprint density at radius 3 is 2.64 bits per heavy atom. The van der Waals surface area contributed by atoms with Crippen LogP contribution in [0.1, 0.15) is 21.5 Å². The smallest absolute Gasteiger partial charge is 0.316 e. The molecule has 3 rings (SSSR count). The molecule has 0 saturated heterocycles. The summed E-state index contributed by atoms with van der Waals surface area (Å²) in [5.41, 5.74) is 8.15. The van der Waals surface area contributed by atoms with Gasteiger partial charge in [0.15, 0.2) is 5.16 Å². The number of carbonyl (C=O) groups excluding carboxylic acids is 2. The van der Waals surface area contributed by atoms with E-state index in [0.29, 0.717) is 15.7 Å². The molecule has 0 fully saturated rings. The molecule has 9 heteroatoms. The lowest BCUT2D eigenvalue weighted by molar-refractivity contribution is -0.141. The summed E-state index contributed by atoms with van der Waals surface area (Å²) in [5.74, 6) is -0.808. The minimum Gasteiger partial charge on any atom is -0.460 e. The maximum absolute atomic E-state index is 12.0. The van der Waals surface area contributed by atoms with E-state index in [-0.39, 0.29) is 18.3 Å². The second kappa shape index (κ2) is 8.90. The molecule has 3 aromatic rings. The maximum atomic E-state index is 12.0. The highest BCUT2D eigenvalue weighted by atomic mass is 35.5. The highest BCUT2D eigenvalue weighted by Gasteiger charge is 2.12. The quantitative estimate of drug-likeness (QED) is 0.469. The summed E-state index contributed by atoms with van der Waals surface area (Å²) >= 11 is 7.40. The Labute approximate surface area is 170 Å². The SMILES string of the molecule is Cc1ccc(-n2cnnc2SCC(=O)OCc2ccc(C(N)=O)cc2)cc1Cl. The summed E-state index contributed by atoms with van der Waals surface area (Å²) in [7, 11) is 0. The van der Waals surface area contributed by atoms with Gasteiger partial charge in [-0.05, 0) is 42.3 Å². The average Bonchev–Trinajstić information content (AvgIpc) is 3.16. The van der Waals surface area contributed by atoms with E-state index < -0.39 is 5.91 Å². The lowest BCUT2D eigenvalue weighted by Gasteiger charge is -2.08. The summed E-state index contributed by atoms with van der Waals surface area (Å²) < 4.78 is 7.01. The van der Waals surface area contributed by atoms with E-state index in [9.17, 15) is 9.59 Å². The van der Waals surface area contributed by atoms with Crippen molar-refractivity contribution in [1.82, 2.24) is 14.8 Å². The third kappa shape index (κ3) is 4.90. The fourth-order valence-corrected chi connectivity index (χ4v) is 3.23. The van der Waals surface area contributed by atoms with Gasteiger partial charge in [-0.2, -0.15) is 0 Å². The molecule has 0 saturated carbocycles. The van der Waals surface area contributed by atoms with Crippen molar-refractivity contribution in [1.29, 1.82) is 0 Å². The lowest BCUT2D eigenvalue weighted by atomic mass is 10.1. The fourth-order valence-electron chi connectivity index (χ4n) is 2.33. The third-order valence-corrected chi connectivity index (χ3v) is 5.23. The predicted molar refractivity (Wildman–Crippen MR) is 107 cm³/mol. The molecule has 2 aromatic carbocycles. The molecule has 1 amide bonds. The van der Waals surface area contributed by atoms with Gasteiger partial charge in [-0.3, -0.25) is 14.2 Å². The van der Waals surface area contributed by atoms with Crippen molar-refractivity contribution in [2.45, 2.75) is 18.7 Å². The van der Waals surface area contributed by atoms with Crippen LogP contribution in [0.15, 0.2) is 53.9 Å². The third-order valence-electron chi connectivity index (χ3n) is 3.91. The van der Waals surface area contributed by atoms with E-state index >= 15 is 0 Å². The first-order chi connectivity index (χ1) is 13.4. The Hall–Kier alpha value is -2.84. The van der Waals surface area contributed by atoms with Crippen LogP contribution in [0.2, 0.25) is 5.02 Å². The Bertz CT molecular complexity index is 1000. The molecule has 0 bridgehead atoms. The van der Waals surface area contributed by atoms with Crippen LogP contribution in [0.4, 0.5) is 0 Å². The largest absolute Gasteiger partial charge is 0.460 e. The average molecular weight is 417 g/mol. The van der Waals surface area contributed by atoms with Crippen LogP contribution in [0.25, 0.3) is 5.69 Å². The lowest BCUT2D eigenvalue weighted by Crippen LogP contribution is -2.11. The van der Waals surface area contributed by atoms with Crippen molar-refractivity contribution < 1.29 is 14.3 Å². The van der Waals surface area contributed by atoms with Crippen LogP contribution >= 0.6 is 23.4 Å². The molecule has 0 radical (unpaired) electrons. The van der Waals surface area contributed by atoms with Gasteiger partial charge in [0.1, 0.15) is 12.9 Å². The van der Waals surface area contributed by atoms with Crippen LogP contribution in [0.3, 0.4) is 0 Å². The number of amides is 1. The number of esters is 1. The number of benzene rings is 2. The Kier molecular flexibility index (Phi) is 6.33. The first-order valence-corrected chi connectivity index (χ1v) is 9.64. The van der Waals surface area contributed by atoms with Gasteiger partial charge in [0, 0.05) is 10.6 Å². The second-order valence-corrected chi connectivity index (χ2v) is 7.28. The Morgan fingerprint density at radius 2 is 1.96 bits per heavy atom. The van der Waals surface area contributed by atoms with Gasteiger partial charge in [0.2, 0.25) is 5.91 Å². The van der Waals surface area contributed by atoms with Crippen LogP contribution < -0.4 is 5.73 Å². The molecule has 144 valence electrons. The zero-order valence-electron chi connectivity index (χ0n) is 15.0. The maximum Gasteiger partial charge on any atom is 0.316 e. The molecule has 0 aliphatic heterocycles. The first-order valence-electron chi connectivity index (χ1n) is 8.28. The Morgan fingerprint density at radius 1 is 1.21 bits per heavy atom. The highest BCUT2D eigenvalue weighted by molar-refractivity contribution is 7.99. The number of aromatic nitrogens is 3. The van der Waals surface area contributed by atoms with Gasteiger partial charge in [-0.15, -0.1) is 10.2 Å². The summed E-state index contributed by atoms with van der Waals surface area (Å²) in [5, 5.41) is 9.15. The standard InChI is InChI=1S/C19H17ClN4O3S/c1-12-2-7-15(8-16(12)20)24-11-22-23-19(24)28-10-17(25)27-9-13-3-5-14(6-4-13)18(21)26/h2-8,11H,9-10H2,1H3,(H2,21,26). The Balaban J connectivity index is 1.56. The zero-order valence-corrected chi connectivity index (χ0v) is 16.5. The predicted octanol–water partition coefficient (Wildman–Crippen LogP) is 3.16. The van der Waals surface area contributed by atoms with Crippen molar-refractivity contribution in [3.8, 4) is 5.69 Å². The molecule has 2 N–H and O–H groups in total. The van der Waals surface area contributed by atoms with E-state index in [2.05, 4.69) is 10.2 Å². The molecule has 0 aliphatic carbocycles. The zero-order chi connectivity index (χ0) is 20.1. The molecule has 0 atom stereocenters. The number of rotatable bonds is 7. The van der Waals surface area contributed by atoms with Crippen molar-refractivity contribution in [3.63, 3.8) is 0 Å². The number of ether oxygens (including phenoxy) is 1. The number of halogens is 1.